The zero-order chi connectivity index (χ0) is 22.7. The van der Waals surface area contributed by atoms with Crippen molar-refractivity contribution in [3.8, 4) is 11.5 Å². The number of rotatable bonds is 7. The second kappa shape index (κ2) is 9.24. The van der Waals surface area contributed by atoms with Crippen LogP contribution in [0.15, 0.2) is 83.5 Å². The van der Waals surface area contributed by atoms with E-state index in [1.807, 2.05) is 35.0 Å². The number of hydrogen-bond donors (Lipinski definition) is 1. The second-order valence-corrected chi connectivity index (χ2v) is 8.16. The van der Waals surface area contributed by atoms with Crippen molar-refractivity contribution >= 4 is 44.5 Å². The zero-order valence-corrected chi connectivity index (χ0v) is 18.9. The van der Waals surface area contributed by atoms with Gasteiger partial charge >= 0.3 is 0 Å². The molecule has 1 heterocycles. The van der Waals surface area contributed by atoms with Crippen molar-refractivity contribution in [3.63, 3.8) is 0 Å². The maximum atomic E-state index is 12.8. The lowest BCUT2D eigenvalue weighted by molar-refractivity contribution is 0.0972. The molecule has 1 aromatic heterocycles. The average molecular weight is 490 g/mol. The number of benzene rings is 3. The van der Waals surface area contributed by atoms with Crippen LogP contribution >= 0.6 is 15.9 Å². The molecule has 0 radical (unpaired) electrons. The molecule has 1 N–H and O–H groups in total. The van der Waals surface area contributed by atoms with Crippen molar-refractivity contribution in [2.75, 3.05) is 7.11 Å². The number of hydrogen-bond acceptors (Lipinski definition) is 4. The lowest BCUT2D eigenvalue weighted by Crippen LogP contribution is -2.09. The predicted molar refractivity (Wildman–Crippen MR) is 128 cm³/mol. The highest BCUT2D eigenvalue weighted by Crippen LogP contribution is 2.26. The number of ketones is 2. The molecule has 0 saturated carbocycles. The molecular formula is C26H20BrNO4. The Labute approximate surface area is 193 Å². The predicted octanol–water partition coefficient (Wildman–Crippen LogP) is 5.90. The molecule has 32 heavy (non-hydrogen) atoms. The normalized spacial score (nSPS) is 11.2. The number of methoxy groups -OCH3 is 1. The molecule has 0 saturated heterocycles. The van der Waals surface area contributed by atoms with Crippen LogP contribution in [0.4, 0.5) is 0 Å². The van der Waals surface area contributed by atoms with Gasteiger partial charge in [0.25, 0.3) is 0 Å². The van der Waals surface area contributed by atoms with Gasteiger partial charge in [-0.15, -0.1) is 0 Å². The van der Waals surface area contributed by atoms with Gasteiger partial charge < -0.3 is 14.4 Å². The number of halogens is 1. The first kappa shape index (κ1) is 21.6. The van der Waals surface area contributed by atoms with E-state index in [-0.39, 0.29) is 29.4 Å². The molecule has 0 aliphatic heterocycles. The standard InChI is InChI=1S/C26H20BrNO4/c1-32-20-10-6-17(7-11-20)26(31)16-28-15-18(21-4-2-3-5-23(21)28)8-13-24(29)22-12-9-19(27)14-25(22)30/h2-15,30H,16H2,1H3/b13-8+. The molecule has 160 valence electrons. The molecule has 0 atom stereocenters. The van der Waals surface area contributed by atoms with Crippen LogP contribution in [0.5, 0.6) is 11.5 Å². The summed E-state index contributed by atoms with van der Waals surface area (Å²) >= 11 is 3.27. The van der Waals surface area contributed by atoms with Crippen molar-refractivity contribution in [2.45, 2.75) is 6.54 Å². The average Bonchev–Trinajstić information content (AvgIpc) is 3.15. The van der Waals surface area contributed by atoms with Gasteiger partial charge in [0, 0.05) is 32.7 Å². The van der Waals surface area contributed by atoms with Crippen LogP contribution in [0.1, 0.15) is 26.3 Å². The van der Waals surface area contributed by atoms with E-state index >= 15 is 0 Å². The first-order valence-electron chi connectivity index (χ1n) is 9.92. The molecule has 0 unspecified atom stereocenters. The SMILES string of the molecule is COc1ccc(C(=O)Cn2cc(/C=C/C(=O)c3ccc(Br)cc3O)c3ccccc32)cc1. The highest BCUT2D eigenvalue weighted by molar-refractivity contribution is 9.10. The van der Waals surface area contributed by atoms with E-state index in [0.29, 0.717) is 15.8 Å². The Hall–Kier alpha value is -3.64. The van der Waals surface area contributed by atoms with E-state index in [0.717, 1.165) is 16.5 Å². The summed E-state index contributed by atoms with van der Waals surface area (Å²) < 4.78 is 7.72. The summed E-state index contributed by atoms with van der Waals surface area (Å²) in [6.07, 6.45) is 5.00. The molecule has 0 aliphatic carbocycles. The highest BCUT2D eigenvalue weighted by Gasteiger charge is 2.13. The summed E-state index contributed by atoms with van der Waals surface area (Å²) in [5, 5.41) is 11.0. The Balaban J connectivity index is 1.61. The number of phenolic OH excluding ortho intramolecular Hbond substituents is 1. The number of fused-ring (bicyclic) bond motifs is 1. The van der Waals surface area contributed by atoms with Gasteiger partial charge in [0.2, 0.25) is 0 Å². The molecule has 0 aliphatic rings. The summed E-state index contributed by atoms with van der Waals surface area (Å²) in [5.41, 5.74) is 2.53. The highest BCUT2D eigenvalue weighted by atomic mass is 79.9. The van der Waals surface area contributed by atoms with Crippen LogP contribution in [0.2, 0.25) is 0 Å². The first-order chi connectivity index (χ1) is 15.5. The van der Waals surface area contributed by atoms with Crippen LogP contribution in [-0.2, 0) is 6.54 Å². The number of aromatic nitrogens is 1. The number of allylic oxidation sites excluding steroid dienone is 1. The van der Waals surface area contributed by atoms with Gasteiger partial charge in [0.1, 0.15) is 11.5 Å². The number of nitrogens with zero attached hydrogens (tertiary/aromatic N) is 1. The molecular weight excluding hydrogens is 470 g/mol. The fourth-order valence-corrected chi connectivity index (χ4v) is 3.88. The van der Waals surface area contributed by atoms with Crippen LogP contribution in [0, 0.1) is 0 Å². The smallest absolute Gasteiger partial charge is 0.189 e. The Morgan fingerprint density at radius 1 is 1.06 bits per heavy atom. The third kappa shape index (κ3) is 4.50. The summed E-state index contributed by atoms with van der Waals surface area (Å²) in [6, 6.07) is 19.5. The number of ether oxygens (including phenoxy) is 1. The van der Waals surface area contributed by atoms with E-state index in [1.165, 1.54) is 12.1 Å². The number of phenols is 1. The summed E-state index contributed by atoms with van der Waals surface area (Å²) in [6.45, 7) is 0.169. The fraction of sp³-hybridized carbons (Fsp3) is 0.0769. The van der Waals surface area contributed by atoms with Gasteiger partial charge in [-0.1, -0.05) is 34.1 Å². The Bertz CT molecular complexity index is 1340. The van der Waals surface area contributed by atoms with E-state index in [1.54, 1.807) is 49.6 Å². The molecule has 0 fully saturated rings. The number of carbonyl (C=O) groups is 2. The number of carbonyl (C=O) groups excluding carboxylic acids is 2. The molecule has 0 amide bonds. The summed E-state index contributed by atoms with van der Waals surface area (Å²) in [5.74, 6) is 0.282. The molecule has 5 nitrogen and oxygen atoms in total. The van der Waals surface area contributed by atoms with Gasteiger partial charge in [0.05, 0.1) is 19.2 Å². The maximum Gasteiger partial charge on any atom is 0.189 e. The van der Waals surface area contributed by atoms with E-state index in [2.05, 4.69) is 15.9 Å². The minimum atomic E-state index is -0.304. The van der Waals surface area contributed by atoms with Crippen LogP contribution in [0.25, 0.3) is 17.0 Å². The number of aromatic hydroxyl groups is 1. The van der Waals surface area contributed by atoms with Crippen molar-refractivity contribution in [1.82, 2.24) is 4.57 Å². The second-order valence-electron chi connectivity index (χ2n) is 7.24. The van der Waals surface area contributed by atoms with Gasteiger partial charge in [-0.2, -0.15) is 0 Å². The topological polar surface area (TPSA) is 68.5 Å². The molecule has 4 rings (SSSR count). The largest absolute Gasteiger partial charge is 0.507 e. The third-order valence-electron chi connectivity index (χ3n) is 5.18. The van der Waals surface area contributed by atoms with Gasteiger partial charge in [-0.3, -0.25) is 9.59 Å². The van der Waals surface area contributed by atoms with Gasteiger partial charge in [-0.05, 0) is 60.7 Å². The Kier molecular flexibility index (Phi) is 6.23. The van der Waals surface area contributed by atoms with Crippen LogP contribution in [-0.4, -0.2) is 28.3 Å². The van der Waals surface area contributed by atoms with Crippen LogP contribution in [0.3, 0.4) is 0 Å². The number of para-hydroxylation sites is 1. The summed E-state index contributed by atoms with van der Waals surface area (Å²) in [4.78, 5) is 25.4. The first-order valence-corrected chi connectivity index (χ1v) is 10.7. The molecule has 3 aromatic carbocycles. The van der Waals surface area contributed by atoms with Crippen LogP contribution < -0.4 is 4.74 Å². The van der Waals surface area contributed by atoms with Crippen molar-refractivity contribution in [3.05, 3.63) is 100 Å². The number of Topliss-reactive ketones (excluding diaryl/α,β-unsaturated/α-hetero) is 1. The minimum absolute atomic E-state index is 0.0280. The molecule has 4 aromatic rings. The zero-order valence-electron chi connectivity index (χ0n) is 17.3. The monoisotopic (exact) mass is 489 g/mol. The third-order valence-corrected chi connectivity index (χ3v) is 5.68. The van der Waals surface area contributed by atoms with E-state index in [9.17, 15) is 14.7 Å². The molecule has 0 spiro atoms. The van der Waals surface area contributed by atoms with E-state index in [4.69, 9.17) is 4.74 Å². The van der Waals surface area contributed by atoms with Crippen molar-refractivity contribution in [1.29, 1.82) is 0 Å². The maximum absolute atomic E-state index is 12.8. The Morgan fingerprint density at radius 3 is 2.53 bits per heavy atom. The van der Waals surface area contributed by atoms with Gasteiger partial charge in [-0.25, -0.2) is 0 Å². The Morgan fingerprint density at radius 2 is 1.81 bits per heavy atom. The molecule has 6 heteroatoms. The quantitative estimate of drug-likeness (QED) is 0.259. The minimum Gasteiger partial charge on any atom is -0.507 e. The van der Waals surface area contributed by atoms with Crippen molar-refractivity contribution in [2.24, 2.45) is 0 Å². The van der Waals surface area contributed by atoms with Gasteiger partial charge in [0.15, 0.2) is 11.6 Å². The van der Waals surface area contributed by atoms with E-state index < -0.39 is 0 Å². The van der Waals surface area contributed by atoms with Crippen molar-refractivity contribution < 1.29 is 19.4 Å². The fourth-order valence-electron chi connectivity index (χ4n) is 3.53. The lowest BCUT2D eigenvalue weighted by Gasteiger charge is -2.06. The lowest BCUT2D eigenvalue weighted by atomic mass is 10.1. The molecule has 0 bridgehead atoms. The summed E-state index contributed by atoms with van der Waals surface area (Å²) in [7, 11) is 1.58.